The summed E-state index contributed by atoms with van der Waals surface area (Å²) in [6.07, 6.45) is 1.54. The highest BCUT2D eigenvalue weighted by atomic mass is 32.2. The fourth-order valence-corrected chi connectivity index (χ4v) is 3.05. The van der Waals surface area contributed by atoms with Gasteiger partial charge in [-0.2, -0.15) is 0 Å². The van der Waals surface area contributed by atoms with Crippen molar-refractivity contribution in [2.75, 3.05) is 0 Å². The number of thioether (sulfide) groups is 1. The van der Waals surface area contributed by atoms with Crippen LogP contribution in [0.25, 0.3) is 10.9 Å². The summed E-state index contributed by atoms with van der Waals surface area (Å²) < 4.78 is 14.0. The van der Waals surface area contributed by atoms with E-state index in [1.54, 1.807) is 12.4 Å². The first-order valence-electron chi connectivity index (χ1n) is 6.58. The summed E-state index contributed by atoms with van der Waals surface area (Å²) in [5.74, 6) is 0.307. The summed E-state index contributed by atoms with van der Waals surface area (Å²) in [4.78, 5) is 8.52. The van der Waals surface area contributed by atoms with Crippen LogP contribution in [0.1, 0.15) is 11.1 Å². The molecule has 0 saturated carbocycles. The quantitative estimate of drug-likeness (QED) is 0.591. The number of para-hydroxylation sites is 1. The van der Waals surface area contributed by atoms with Crippen LogP contribution in [0.2, 0.25) is 0 Å². The first kappa shape index (κ1) is 14.0. The Kier molecular flexibility index (Phi) is 4.13. The molecule has 0 spiro atoms. The Morgan fingerprint density at radius 3 is 2.76 bits per heavy atom. The van der Waals surface area contributed by atoms with E-state index in [9.17, 15) is 4.39 Å². The summed E-state index contributed by atoms with van der Waals surface area (Å²) in [7, 11) is 0. The largest absolute Gasteiger partial charge is 0.326 e. The first-order chi connectivity index (χ1) is 10.3. The molecule has 21 heavy (non-hydrogen) atoms. The fraction of sp³-hybridized carbons (Fsp3) is 0.125. The first-order valence-corrected chi connectivity index (χ1v) is 7.56. The van der Waals surface area contributed by atoms with Gasteiger partial charge in [-0.1, -0.05) is 30.3 Å². The molecule has 1 aromatic heterocycles. The van der Waals surface area contributed by atoms with Crippen molar-refractivity contribution in [3.63, 3.8) is 0 Å². The van der Waals surface area contributed by atoms with Crippen LogP contribution < -0.4 is 5.73 Å². The van der Waals surface area contributed by atoms with Gasteiger partial charge in [0.15, 0.2) is 0 Å². The van der Waals surface area contributed by atoms with Gasteiger partial charge in [-0.25, -0.2) is 14.4 Å². The van der Waals surface area contributed by atoms with Gasteiger partial charge in [0.2, 0.25) is 0 Å². The molecule has 0 amide bonds. The second-order valence-electron chi connectivity index (χ2n) is 4.61. The van der Waals surface area contributed by atoms with Gasteiger partial charge in [0.05, 0.1) is 5.52 Å². The zero-order valence-corrected chi connectivity index (χ0v) is 12.1. The minimum atomic E-state index is -0.219. The SMILES string of the molecule is NCc1ccc(CSc2ncnc3ccccc23)c(F)c1. The molecule has 0 aliphatic rings. The molecule has 3 nitrogen and oxygen atoms in total. The van der Waals surface area contributed by atoms with E-state index in [4.69, 9.17) is 5.73 Å². The normalized spacial score (nSPS) is 11.0. The molecule has 3 aromatic rings. The smallest absolute Gasteiger partial charge is 0.127 e. The maximum atomic E-state index is 14.0. The molecule has 0 saturated heterocycles. The van der Waals surface area contributed by atoms with Crippen molar-refractivity contribution in [2.24, 2.45) is 5.73 Å². The molecule has 1 heterocycles. The Hall–Kier alpha value is -1.98. The molecule has 3 rings (SSSR count). The second kappa shape index (κ2) is 6.20. The Balaban J connectivity index is 1.84. The molecule has 0 aliphatic heterocycles. The number of aromatic nitrogens is 2. The van der Waals surface area contributed by atoms with Crippen LogP contribution in [-0.4, -0.2) is 9.97 Å². The lowest BCUT2D eigenvalue weighted by Gasteiger charge is -2.06. The predicted molar refractivity (Wildman–Crippen MR) is 83.4 cm³/mol. The molecule has 2 aromatic carbocycles. The van der Waals surface area contributed by atoms with Gasteiger partial charge in [0, 0.05) is 17.7 Å². The Bertz CT molecular complexity index is 771. The molecule has 5 heteroatoms. The van der Waals surface area contributed by atoms with Crippen molar-refractivity contribution >= 4 is 22.7 Å². The average molecular weight is 299 g/mol. The lowest BCUT2D eigenvalue weighted by molar-refractivity contribution is 0.615. The van der Waals surface area contributed by atoms with Crippen LogP contribution in [0.5, 0.6) is 0 Å². The van der Waals surface area contributed by atoms with Gasteiger partial charge >= 0.3 is 0 Å². The number of rotatable bonds is 4. The number of nitrogens with zero attached hydrogens (tertiary/aromatic N) is 2. The number of benzene rings is 2. The summed E-state index contributed by atoms with van der Waals surface area (Å²) >= 11 is 1.51. The van der Waals surface area contributed by atoms with E-state index in [1.807, 2.05) is 30.3 Å². The third kappa shape index (κ3) is 3.04. The molecule has 0 radical (unpaired) electrons. The average Bonchev–Trinajstić information content (AvgIpc) is 2.53. The van der Waals surface area contributed by atoms with Crippen molar-refractivity contribution in [1.29, 1.82) is 0 Å². The van der Waals surface area contributed by atoms with E-state index in [2.05, 4.69) is 9.97 Å². The summed E-state index contributed by atoms with van der Waals surface area (Å²) in [5.41, 5.74) is 7.86. The van der Waals surface area contributed by atoms with E-state index in [-0.39, 0.29) is 5.82 Å². The Morgan fingerprint density at radius 1 is 1.10 bits per heavy atom. The predicted octanol–water partition coefficient (Wildman–Crippen LogP) is 3.52. The zero-order chi connectivity index (χ0) is 14.7. The van der Waals surface area contributed by atoms with Crippen molar-refractivity contribution < 1.29 is 4.39 Å². The molecule has 0 bridgehead atoms. The van der Waals surface area contributed by atoms with Crippen molar-refractivity contribution in [1.82, 2.24) is 9.97 Å². The molecule has 2 N–H and O–H groups in total. The van der Waals surface area contributed by atoms with E-state index in [0.29, 0.717) is 17.9 Å². The lowest BCUT2D eigenvalue weighted by atomic mass is 10.1. The van der Waals surface area contributed by atoms with Crippen molar-refractivity contribution in [2.45, 2.75) is 17.3 Å². The summed E-state index contributed by atoms with van der Waals surface area (Å²) in [6.45, 7) is 0.348. The zero-order valence-electron chi connectivity index (χ0n) is 11.3. The second-order valence-corrected chi connectivity index (χ2v) is 5.58. The van der Waals surface area contributed by atoms with Crippen LogP contribution in [0.15, 0.2) is 53.8 Å². The Morgan fingerprint density at radius 2 is 1.95 bits per heavy atom. The van der Waals surface area contributed by atoms with Gasteiger partial charge in [-0.15, -0.1) is 11.8 Å². The van der Waals surface area contributed by atoms with Crippen LogP contribution in [0.3, 0.4) is 0 Å². The van der Waals surface area contributed by atoms with Crippen molar-refractivity contribution in [3.8, 4) is 0 Å². The standard InChI is InChI=1S/C16H14FN3S/c17-14-7-11(8-18)5-6-12(14)9-21-16-13-3-1-2-4-15(13)19-10-20-16/h1-7,10H,8-9,18H2. The summed E-state index contributed by atoms with van der Waals surface area (Å²) in [5, 5.41) is 1.85. The number of hydrogen-bond donors (Lipinski definition) is 1. The molecule has 0 atom stereocenters. The van der Waals surface area contributed by atoms with E-state index < -0.39 is 0 Å². The van der Waals surface area contributed by atoms with Gasteiger partial charge in [0.25, 0.3) is 0 Å². The highest BCUT2D eigenvalue weighted by Gasteiger charge is 2.07. The van der Waals surface area contributed by atoms with Gasteiger partial charge in [0.1, 0.15) is 17.2 Å². The van der Waals surface area contributed by atoms with Crippen LogP contribution >= 0.6 is 11.8 Å². The number of hydrogen-bond acceptors (Lipinski definition) is 4. The summed E-state index contributed by atoms with van der Waals surface area (Å²) in [6, 6.07) is 12.9. The van der Waals surface area contributed by atoms with Crippen LogP contribution in [-0.2, 0) is 12.3 Å². The highest BCUT2D eigenvalue weighted by molar-refractivity contribution is 7.98. The van der Waals surface area contributed by atoms with Gasteiger partial charge in [-0.3, -0.25) is 0 Å². The lowest BCUT2D eigenvalue weighted by Crippen LogP contribution is -1.98. The molecular formula is C16H14FN3S. The molecule has 0 unspecified atom stereocenters. The minimum absolute atomic E-state index is 0.219. The number of nitrogens with two attached hydrogens (primary N) is 1. The molecule has 0 aliphatic carbocycles. The molecule has 0 fully saturated rings. The van der Waals surface area contributed by atoms with E-state index in [1.165, 1.54) is 17.8 Å². The van der Waals surface area contributed by atoms with Gasteiger partial charge < -0.3 is 5.73 Å². The van der Waals surface area contributed by atoms with Crippen LogP contribution in [0, 0.1) is 5.82 Å². The number of halogens is 1. The third-order valence-corrected chi connectivity index (χ3v) is 4.28. The van der Waals surface area contributed by atoms with E-state index in [0.717, 1.165) is 21.5 Å². The Labute approximate surface area is 126 Å². The highest BCUT2D eigenvalue weighted by Crippen LogP contribution is 2.28. The monoisotopic (exact) mass is 299 g/mol. The fourth-order valence-electron chi connectivity index (χ4n) is 2.08. The molecule has 106 valence electrons. The minimum Gasteiger partial charge on any atom is -0.326 e. The van der Waals surface area contributed by atoms with Gasteiger partial charge in [-0.05, 0) is 23.3 Å². The van der Waals surface area contributed by atoms with Crippen LogP contribution in [0.4, 0.5) is 4.39 Å². The maximum Gasteiger partial charge on any atom is 0.127 e. The van der Waals surface area contributed by atoms with E-state index >= 15 is 0 Å². The number of fused-ring (bicyclic) bond motifs is 1. The third-order valence-electron chi connectivity index (χ3n) is 3.22. The van der Waals surface area contributed by atoms with Crippen molar-refractivity contribution in [3.05, 3.63) is 65.7 Å². The maximum absolute atomic E-state index is 14.0. The molecular weight excluding hydrogens is 285 g/mol. The topological polar surface area (TPSA) is 51.8 Å².